The van der Waals surface area contributed by atoms with E-state index in [4.69, 9.17) is 5.11 Å². The van der Waals surface area contributed by atoms with Crippen molar-refractivity contribution in [3.63, 3.8) is 0 Å². The molecule has 0 aliphatic carbocycles. The highest BCUT2D eigenvalue weighted by molar-refractivity contribution is 7.89. The first-order chi connectivity index (χ1) is 9.82. The molecule has 0 bridgehead atoms. The highest BCUT2D eigenvalue weighted by Gasteiger charge is 2.33. The summed E-state index contributed by atoms with van der Waals surface area (Å²) in [6, 6.07) is 4.96. The molecule has 1 aromatic rings. The lowest BCUT2D eigenvalue weighted by molar-refractivity contribution is -0.131. The number of benzene rings is 1. The molecule has 0 aromatic heterocycles. The molecule has 114 valence electrons. The van der Waals surface area contributed by atoms with E-state index in [9.17, 15) is 13.2 Å². The molecule has 1 heterocycles. The van der Waals surface area contributed by atoms with E-state index in [0.29, 0.717) is 17.7 Å². The molecule has 21 heavy (non-hydrogen) atoms. The van der Waals surface area contributed by atoms with Crippen molar-refractivity contribution < 1.29 is 18.3 Å². The van der Waals surface area contributed by atoms with Gasteiger partial charge in [0.1, 0.15) is 0 Å². The van der Waals surface area contributed by atoms with Crippen molar-refractivity contribution in [1.29, 1.82) is 0 Å². The van der Waals surface area contributed by atoms with Gasteiger partial charge in [0.15, 0.2) is 0 Å². The van der Waals surface area contributed by atoms with Crippen molar-refractivity contribution in [2.24, 2.45) is 0 Å². The van der Waals surface area contributed by atoms with Crippen LogP contribution in [0.5, 0.6) is 0 Å². The Hall–Kier alpha value is -1.66. The molecular weight excluding hydrogens is 290 g/mol. The highest BCUT2D eigenvalue weighted by Crippen LogP contribution is 2.28. The molecule has 0 amide bonds. The molecule has 0 spiro atoms. The van der Waals surface area contributed by atoms with Gasteiger partial charge in [0.2, 0.25) is 10.0 Å². The van der Waals surface area contributed by atoms with Crippen molar-refractivity contribution >= 4 is 22.1 Å². The minimum Gasteiger partial charge on any atom is -0.478 e. The Kier molecular flexibility index (Phi) is 4.49. The Morgan fingerprint density at radius 3 is 2.71 bits per heavy atom. The van der Waals surface area contributed by atoms with Gasteiger partial charge >= 0.3 is 5.97 Å². The van der Waals surface area contributed by atoms with Crippen LogP contribution in [0.15, 0.2) is 29.2 Å². The fourth-order valence-electron chi connectivity index (χ4n) is 2.56. The number of aryl methyl sites for hydroxylation is 1. The number of carbonyl (C=O) groups is 1. The van der Waals surface area contributed by atoms with Gasteiger partial charge in [-0.2, -0.15) is 4.31 Å². The molecule has 1 aromatic carbocycles. The van der Waals surface area contributed by atoms with E-state index in [-0.39, 0.29) is 10.9 Å². The average Bonchev–Trinajstić information content (AvgIpc) is 2.84. The fraction of sp³-hybridized carbons (Fsp3) is 0.400. The van der Waals surface area contributed by atoms with Crippen LogP contribution in [0.1, 0.15) is 30.9 Å². The molecule has 0 saturated carbocycles. The predicted molar refractivity (Wildman–Crippen MR) is 80.4 cm³/mol. The smallest absolute Gasteiger partial charge is 0.328 e. The van der Waals surface area contributed by atoms with Gasteiger partial charge in [-0.05, 0) is 50.0 Å². The summed E-state index contributed by atoms with van der Waals surface area (Å²) >= 11 is 0. The number of aliphatic carboxylic acids is 1. The number of carboxylic acid groups (broad SMARTS) is 1. The van der Waals surface area contributed by atoms with Gasteiger partial charge in [-0.15, -0.1) is 0 Å². The molecule has 1 saturated heterocycles. The second kappa shape index (κ2) is 5.99. The standard InChI is InChI=1S/C15H19NO4S/c1-11-5-6-13(7-8-15(17)18)10-14(11)21(19,20)16-9-3-4-12(16)2/h5-8,10,12H,3-4,9H2,1-2H3,(H,17,18). The molecule has 1 aliphatic heterocycles. The molecule has 1 N–H and O–H groups in total. The topological polar surface area (TPSA) is 74.7 Å². The number of carboxylic acids is 1. The van der Waals surface area contributed by atoms with Crippen LogP contribution in [0.3, 0.4) is 0 Å². The van der Waals surface area contributed by atoms with Crippen LogP contribution < -0.4 is 0 Å². The third-order valence-corrected chi connectivity index (χ3v) is 5.86. The zero-order valence-electron chi connectivity index (χ0n) is 12.1. The van der Waals surface area contributed by atoms with Gasteiger partial charge in [0, 0.05) is 18.7 Å². The quantitative estimate of drug-likeness (QED) is 0.866. The Labute approximate surface area is 124 Å². The molecule has 6 heteroatoms. The van der Waals surface area contributed by atoms with Crippen LogP contribution in [0.2, 0.25) is 0 Å². The van der Waals surface area contributed by atoms with E-state index in [1.807, 2.05) is 6.92 Å². The van der Waals surface area contributed by atoms with E-state index in [1.54, 1.807) is 19.1 Å². The average molecular weight is 309 g/mol. The Morgan fingerprint density at radius 1 is 1.43 bits per heavy atom. The summed E-state index contributed by atoms with van der Waals surface area (Å²) < 4.78 is 27.0. The zero-order chi connectivity index (χ0) is 15.6. The number of nitrogens with zero attached hydrogens (tertiary/aromatic N) is 1. The van der Waals surface area contributed by atoms with Crippen LogP contribution in [0.4, 0.5) is 0 Å². The van der Waals surface area contributed by atoms with Gasteiger partial charge in [-0.25, -0.2) is 13.2 Å². The number of rotatable bonds is 4. The molecule has 5 nitrogen and oxygen atoms in total. The summed E-state index contributed by atoms with van der Waals surface area (Å²) in [7, 11) is -3.53. The molecule has 2 rings (SSSR count). The number of sulfonamides is 1. The second-order valence-electron chi connectivity index (χ2n) is 5.30. The lowest BCUT2D eigenvalue weighted by Gasteiger charge is -2.22. The van der Waals surface area contributed by atoms with E-state index >= 15 is 0 Å². The normalized spacial score (nSPS) is 20.2. The monoisotopic (exact) mass is 309 g/mol. The number of hydrogen-bond acceptors (Lipinski definition) is 3. The van der Waals surface area contributed by atoms with E-state index < -0.39 is 16.0 Å². The van der Waals surface area contributed by atoms with Crippen LogP contribution in [-0.2, 0) is 14.8 Å². The van der Waals surface area contributed by atoms with Gasteiger partial charge in [-0.3, -0.25) is 0 Å². The SMILES string of the molecule is Cc1ccc(C=CC(=O)O)cc1S(=O)(=O)N1CCCC1C. The molecule has 0 radical (unpaired) electrons. The molecule has 1 aliphatic rings. The van der Waals surface area contributed by atoms with Crippen molar-refractivity contribution in [3.8, 4) is 0 Å². The summed E-state index contributed by atoms with van der Waals surface area (Å²) in [4.78, 5) is 10.8. The fourth-order valence-corrected chi connectivity index (χ4v) is 4.52. The van der Waals surface area contributed by atoms with Crippen molar-refractivity contribution in [3.05, 3.63) is 35.4 Å². The lowest BCUT2D eigenvalue weighted by Crippen LogP contribution is -2.34. The minimum atomic E-state index is -3.53. The summed E-state index contributed by atoms with van der Waals surface area (Å²) in [5.41, 5.74) is 1.23. The van der Waals surface area contributed by atoms with Crippen LogP contribution >= 0.6 is 0 Å². The van der Waals surface area contributed by atoms with Crippen LogP contribution in [0.25, 0.3) is 6.08 Å². The minimum absolute atomic E-state index is 0.00705. The molecule has 1 atom stereocenters. The molecular formula is C15H19NO4S. The highest BCUT2D eigenvalue weighted by atomic mass is 32.2. The lowest BCUT2D eigenvalue weighted by atomic mass is 10.1. The maximum atomic E-state index is 12.7. The summed E-state index contributed by atoms with van der Waals surface area (Å²) in [6.45, 7) is 4.20. The first-order valence-electron chi connectivity index (χ1n) is 6.86. The van der Waals surface area contributed by atoms with Gasteiger partial charge in [-0.1, -0.05) is 12.1 Å². The summed E-state index contributed by atoms with van der Waals surface area (Å²) in [5, 5.41) is 8.65. The summed E-state index contributed by atoms with van der Waals surface area (Å²) in [5.74, 6) is -1.06. The van der Waals surface area contributed by atoms with Crippen LogP contribution in [0, 0.1) is 6.92 Å². The summed E-state index contributed by atoms with van der Waals surface area (Å²) in [6.07, 6.45) is 4.14. The third kappa shape index (κ3) is 3.33. The van der Waals surface area contributed by atoms with E-state index in [2.05, 4.69) is 0 Å². The second-order valence-corrected chi connectivity index (χ2v) is 7.16. The Bertz CT molecular complexity index is 679. The first kappa shape index (κ1) is 15.7. The Morgan fingerprint density at radius 2 is 2.14 bits per heavy atom. The maximum Gasteiger partial charge on any atom is 0.328 e. The van der Waals surface area contributed by atoms with E-state index in [1.165, 1.54) is 16.4 Å². The predicted octanol–water partition coefficient (Wildman–Crippen LogP) is 2.27. The molecule has 1 fully saturated rings. The third-order valence-electron chi connectivity index (χ3n) is 3.71. The van der Waals surface area contributed by atoms with E-state index in [0.717, 1.165) is 18.9 Å². The van der Waals surface area contributed by atoms with Crippen LogP contribution in [-0.4, -0.2) is 36.4 Å². The van der Waals surface area contributed by atoms with Crippen molar-refractivity contribution in [1.82, 2.24) is 4.31 Å². The van der Waals surface area contributed by atoms with Gasteiger partial charge in [0.25, 0.3) is 0 Å². The van der Waals surface area contributed by atoms with Crippen molar-refractivity contribution in [2.45, 2.75) is 37.6 Å². The first-order valence-corrected chi connectivity index (χ1v) is 8.30. The maximum absolute atomic E-state index is 12.7. The van der Waals surface area contributed by atoms with Gasteiger partial charge < -0.3 is 5.11 Å². The van der Waals surface area contributed by atoms with Crippen molar-refractivity contribution in [2.75, 3.05) is 6.54 Å². The number of hydrogen-bond donors (Lipinski definition) is 1. The van der Waals surface area contributed by atoms with Gasteiger partial charge in [0.05, 0.1) is 4.90 Å². The Balaban J connectivity index is 2.42. The zero-order valence-corrected chi connectivity index (χ0v) is 12.9. The largest absolute Gasteiger partial charge is 0.478 e. The molecule has 1 unspecified atom stereocenters.